The SMILES string of the molecule is CCN(CC)C(C(=O)N1CCC(CN2CC(C)OC(C)C2)CC1)c1ccccc1. The van der Waals surface area contributed by atoms with Crippen LogP contribution in [0.3, 0.4) is 0 Å². The Labute approximate surface area is 177 Å². The molecule has 3 rings (SSSR count). The van der Waals surface area contributed by atoms with Gasteiger partial charge in [0.05, 0.1) is 12.2 Å². The Morgan fingerprint density at radius 1 is 1.07 bits per heavy atom. The topological polar surface area (TPSA) is 36.0 Å². The molecule has 29 heavy (non-hydrogen) atoms. The van der Waals surface area contributed by atoms with Crippen LogP contribution in [-0.2, 0) is 9.53 Å². The van der Waals surface area contributed by atoms with Gasteiger partial charge < -0.3 is 9.64 Å². The fourth-order valence-corrected chi connectivity index (χ4v) is 5.04. The van der Waals surface area contributed by atoms with Gasteiger partial charge in [0.15, 0.2) is 0 Å². The number of carbonyl (C=O) groups excluding carboxylic acids is 1. The van der Waals surface area contributed by atoms with Crippen molar-refractivity contribution in [1.29, 1.82) is 0 Å². The van der Waals surface area contributed by atoms with Crippen molar-refractivity contribution in [1.82, 2.24) is 14.7 Å². The van der Waals surface area contributed by atoms with E-state index in [-0.39, 0.29) is 11.9 Å². The highest BCUT2D eigenvalue weighted by atomic mass is 16.5. The standard InChI is InChI=1S/C24H39N3O2/c1-5-26(6-2)23(22-10-8-7-9-11-22)24(28)27-14-12-21(13-15-27)18-25-16-19(3)29-20(4)17-25/h7-11,19-21,23H,5-6,12-18H2,1-4H3. The normalized spacial score (nSPS) is 25.3. The van der Waals surface area contributed by atoms with Crippen LogP contribution in [-0.4, -0.2) is 78.6 Å². The molecule has 0 spiro atoms. The second-order valence-corrected chi connectivity index (χ2v) is 8.78. The van der Waals surface area contributed by atoms with Crippen LogP contribution in [0.4, 0.5) is 0 Å². The van der Waals surface area contributed by atoms with Crippen molar-refractivity contribution in [3.8, 4) is 0 Å². The minimum Gasteiger partial charge on any atom is -0.373 e. The molecule has 0 saturated carbocycles. The summed E-state index contributed by atoms with van der Waals surface area (Å²) in [5.41, 5.74) is 1.11. The lowest BCUT2D eigenvalue weighted by atomic mass is 9.94. The summed E-state index contributed by atoms with van der Waals surface area (Å²) in [6.07, 6.45) is 2.85. The first-order chi connectivity index (χ1) is 14.0. The van der Waals surface area contributed by atoms with Crippen LogP contribution in [0, 0.1) is 5.92 Å². The molecule has 2 aliphatic heterocycles. The summed E-state index contributed by atoms with van der Waals surface area (Å²) in [6, 6.07) is 10.1. The molecule has 0 bridgehead atoms. The molecular weight excluding hydrogens is 362 g/mol. The molecule has 2 fully saturated rings. The number of hydrogen-bond donors (Lipinski definition) is 0. The molecule has 0 N–H and O–H groups in total. The highest BCUT2D eigenvalue weighted by Gasteiger charge is 2.33. The average Bonchev–Trinajstić information content (AvgIpc) is 2.72. The van der Waals surface area contributed by atoms with E-state index in [1.54, 1.807) is 0 Å². The fourth-order valence-electron chi connectivity index (χ4n) is 5.04. The molecule has 2 saturated heterocycles. The first-order valence-electron chi connectivity index (χ1n) is 11.5. The maximum Gasteiger partial charge on any atom is 0.244 e. The number of amides is 1. The molecule has 2 aliphatic rings. The number of benzene rings is 1. The molecular formula is C24H39N3O2. The molecule has 5 nitrogen and oxygen atoms in total. The van der Waals surface area contributed by atoms with Crippen LogP contribution in [0.2, 0.25) is 0 Å². The zero-order valence-electron chi connectivity index (χ0n) is 18.7. The Hall–Kier alpha value is -1.43. The number of hydrogen-bond acceptors (Lipinski definition) is 4. The lowest BCUT2D eigenvalue weighted by Gasteiger charge is -2.41. The third kappa shape index (κ3) is 5.80. The summed E-state index contributed by atoms with van der Waals surface area (Å²) in [5, 5.41) is 0. The lowest BCUT2D eigenvalue weighted by molar-refractivity contribution is -0.139. The quantitative estimate of drug-likeness (QED) is 0.701. The fraction of sp³-hybridized carbons (Fsp3) is 0.708. The zero-order chi connectivity index (χ0) is 20.8. The van der Waals surface area contributed by atoms with Crippen molar-refractivity contribution >= 4 is 5.91 Å². The zero-order valence-corrected chi connectivity index (χ0v) is 18.7. The van der Waals surface area contributed by atoms with Gasteiger partial charge in [-0.15, -0.1) is 0 Å². The first kappa shape index (κ1) is 22.3. The van der Waals surface area contributed by atoms with Crippen LogP contribution in [0.1, 0.15) is 52.1 Å². The van der Waals surface area contributed by atoms with Crippen molar-refractivity contribution in [2.24, 2.45) is 5.92 Å². The van der Waals surface area contributed by atoms with E-state index in [0.29, 0.717) is 18.1 Å². The van der Waals surface area contributed by atoms with Crippen molar-refractivity contribution in [3.05, 3.63) is 35.9 Å². The van der Waals surface area contributed by atoms with Crippen molar-refractivity contribution in [2.45, 2.75) is 58.8 Å². The van der Waals surface area contributed by atoms with E-state index in [1.165, 1.54) is 0 Å². The smallest absolute Gasteiger partial charge is 0.244 e. The van der Waals surface area contributed by atoms with Crippen LogP contribution < -0.4 is 0 Å². The lowest BCUT2D eigenvalue weighted by Crippen LogP contribution is -2.50. The van der Waals surface area contributed by atoms with Gasteiger partial charge in [0, 0.05) is 32.7 Å². The van der Waals surface area contributed by atoms with Gasteiger partial charge in [-0.3, -0.25) is 14.6 Å². The Balaban J connectivity index is 1.59. The molecule has 1 aromatic rings. The minimum atomic E-state index is -0.163. The van der Waals surface area contributed by atoms with Crippen LogP contribution >= 0.6 is 0 Å². The number of morpholine rings is 1. The monoisotopic (exact) mass is 401 g/mol. The maximum absolute atomic E-state index is 13.5. The van der Waals surface area contributed by atoms with Gasteiger partial charge >= 0.3 is 0 Å². The van der Waals surface area contributed by atoms with Gasteiger partial charge in [-0.25, -0.2) is 0 Å². The first-order valence-corrected chi connectivity index (χ1v) is 11.5. The summed E-state index contributed by atoms with van der Waals surface area (Å²) < 4.78 is 5.87. The van der Waals surface area contributed by atoms with E-state index >= 15 is 0 Å². The van der Waals surface area contributed by atoms with E-state index in [1.807, 2.05) is 18.2 Å². The van der Waals surface area contributed by atoms with Crippen LogP contribution in [0.15, 0.2) is 30.3 Å². The molecule has 0 aliphatic carbocycles. The molecule has 5 heteroatoms. The molecule has 3 unspecified atom stereocenters. The number of likely N-dealkylation sites (tertiary alicyclic amines) is 1. The molecule has 0 radical (unpaired) electrons. The van der Waals surface area contributed by atoms with Crippen molar-refractivity contribution in [3.63, 3.8) is 0 Å². The molecule has 3 atom stereocenters. The van der Waals surface area contributed by atoms with E-state index in [9.17, 15) is 4.79 Å². The highest BCUT2D eigenvalue weighted by Crippen LogP contribution is 2.27. The molecule has 1 amide bonds. The number of piperidine rings is 1. The Bertz CT molecular complexity index is 616. The average molecular weight is 402 g/mol. The second-order valence-electron chi connectivity index (χ2n) is 8.78. The van der Waals surface area contributed by atoms with Gasteiger partial charge in [0.1, 0.15) is 6.04 Å². The minimum absolute atomic E-state index is 0.163. The second kappa shape index (κ2) is 10.6. The number of ether oxygens (including phenoxy) is 1. The van der Waals surface area contributed by atoms with Crippen molar-refractivity contribution in [2.75, 3.05) is 45.8 Å². The van der Waals surface area contributed by atoms with Gasteiger partial charge in [-0.2, -0.15) is 0 Å². The van der Waals surface area contributed by atoms with Gasteiger partial charge in [0.25, 0.3) is 0 Å². The Kier molecular flexibility index (Phi) is 8.10. The number of rotatable bonds is 7. The molecule has 162 valence electrons. The predicted molar refractivity (Wildman–Crippen MR) is 118 cm³/mol. The Morgan fingerprint density at radius 3 is 2.21 bits per heavy atom. The third-order valence-corrected chi connectivity index (χ3v) is 6.46. The number of likely N-dealkylation sites (N-methyl/N-ethyl adjacent to an activating group) is 1. The van der Waals surface area contributed by atoms with E-state index in [2.05, 4.69) is 54.5 Å². The molecule has 0 aromatic heterocycles. The van der Waals surface area contributed by atoms with Crippen LogP contribution in [0.25, 0.3) is 0 Å². The van der Waals surface area contributed by atoms with Gasteiger partial charge in [-0.1, -0.05) is 44.2 Å². The predicted octanol–water partition coefficient (Wildman–Crippen LogP) is 3.42. The molecule has 2 heterocycles. The summed E-state index contributed by atoms with van der Waals surface area (Å²) in [4.78, 5) is 20.4. The summed E-state index contributed by atoms with van der Waals surface area (Å²) in [7, 11) is 0. The van der Waals surface area contributed by atoms with Crippen LogP contribution in [0.5, 0.6) is 0 Å². The maximum atomic E-state index is 13.5. The number of nitrogens with zero attached hydrogens (tertiary/aromatic N) is 3. The van der Waals surface area contributed by atoms with E-state index < -0.39 is 0 Å². The largest absolute Gasteiger partial charge is 0.373 e. The van der Waals surface area contributed by atoms with Gasteiger partial charge in [-0.05, 0) is 51.3 Å². The van der Waals surface area contributed by atoms with E-state index in [0.717, 1.165) is 64.2 Å². The highest BCUT2D eigenvalue weighted by molar-refractivity contribution is 5.83. The Morgan fingerprint density at radius 2 is 1.66 bits per heavy atom. The van der Waals surface area contributed by atoms with Crippen molar-refractivity contribution < 1.29 is 9.53 Å². The molecule has 1 aromatic carbocycles. The summed E-state index contributed by atoms with van der Waals surface area (Å²) >= 11 is 0. The van der Waals surface area contributed by atoms with E-state index in [4.69, 9.17) is 4.74 Å². The number of carbonyl (C=O) groups is 1. The third-order valence-electron chi connectivity index (χ3n) is 6.46. The summed E-state index contributed by atoms with van der Waals surface area (Å²) in [5.74, 6) is 0.951. The summed E-state index contributed by atoms with van der Waals surface area (Å²) in [6.45, 7) is 15.3. The van der Waals surface area contributed by atoms with Gasteiger partial charge in [0.2, 0.25) is 5.91 Å².